The second-order valence-electron chi connectivity index (χ2n) is 4.86. The van der Waals surface area contributed by atoms with Gasteiger partial charge in [0.1, 0.15) is 0 Å². The van der Waals surface area contributed by atoms with Crippen LogP contribution in [-0.4, -0.2) is 23.3 Å². The molecule has 124 valence electrons. The molecular weight excluding hydrogens is 378 g/mol. The number of amides is 2. The van der Waals surface area contributed by atoms with E-state index in [1.807, 2.05) is 12.1 Å². The van der Waals surface area contributed by atoms with Gasteiger partial charge in [0, 0.05) is 40.8 Å². The SMILES string of the molecule is O=C(CCNC(=O)c1ccc([N+](=O)[O-])cc1)Nc1ccc(Br)cc1. The number of carbonyl (C=O) groups is 2. The summed E-state index contributed by atoms with van der Waals surface area (Å²) in [5, 5.41) is 15.9. The lowest BCUT2D eigenvalue weighted by atomic mass is 10.2. The Morgan fingerprint density at radius 1 is 1.04 bits per heavy atom. The minimum absolute atomic E-state index is 0.0829. The number of non-ortho nitro benzene ring substituents is 1. The zero-order valence-corrected chi connectivity index (χ0v) is 14.1. The van der Waals surface area contributed by atoms with E-state index >= 15 is 0 Å². The Balaban J connectivity index is 1.78. The van der Waals surface area contributed by atoms with Gasteiger partial charge in [0.05, 0.1) is 4.92 Å². The topological polar surface area (TPSA) is 101 Å². The van der Waals surface area contributed by atoms with Crippen molar-refractivity contribution in [2.24, 2.45) is 0 Å². The summed E-state index contributed by atoms with van der Waals surface area (Å²) in [6.45, 7) is 0.165. The Morgan fingerprint density at radius 3 is 2.25 bits per heavy atom. The van der Waals surface area contributed by atoms with Gasteiger partial charge >= 0.3 is 0 Å². The highest BCUT2D eigenvalue weighted by molar-refractivity contribution is 9.10. The number of nitrogens with one attached hydrogen (secondary N) is 2. The highest BCUT2D eigenvalue weighted by atomic mass is 79.9. The molecular formula is C16H14BrN3O4. The van der Waals surface area contributed by atoms with E-state index < -0.39 is 4.92 Å². The third kappa shape index (κ3) is 5.17. The Morgan fingerprint density at radius 2 is 1.67 bits per heavy atom. The highest BCUT2D eigenvalue weighted by Gasteiger charge is 2.10. The number of nitro benzene ring substituents is 1. The second-order valence-corrected chi connectivity index (χ2v) is 5.78. The quantitative estimate of drug-likeness (QED) is 0.583. The highest BCUT2D eigenvalue weighted by Crippen LogP contribution is 2.14. The Hall–Kier alpha value is -2.74. The third-order valence-corrected chi connectivity index (χ3v) is 3.63. The first-order chi connectivity index (χ1) is 11.5. The number of halogens is 1. The number of nitrogens with zero attached hydrogens (tertiary/aromatic N) is 1. The lowest BCUT2D eigenvalue weighted by Crippen LogP contribution is -2.27. The van der Waals surface area contributed by atoms with Crippen molar-refractivity contribution in [1.29, 1.82) is 0 Å². The summed E-state index contributed by atoms with van der Waals surface area (Å²) in [4.78, 5) is 33.7. The van der Waals surface area contributed by atoms with Gasteiger partial charge in [-0.2, -0.15) is 0 Å². The van der Waals surface area contributed by atoms with Crippen molar-refractivity contribution < 1.29 is 14.5 Å². The van der Waals surface area contributed by atoms with Crippen LogP contribution >= 0.6 is 15.9 Å². The van der Waals surface area contributed by atoms with E-state index in [0.29, 0.717) is 11.3 Å². The molecule has 2 rings (SSSR count). The Bertz CT molecular complexity index is 745. The van der Waals surface area contributed by atoms with Gasteiger partial charge in [-0.05, 0) is 36.4 Å². The molecule has 0 radical (unpaired) electrons. The molecule has 0 fully saturated rings. The van der Waals surface area contributed by atoms with Gasteiger partial charge in [-0.25, -0.2) is 0 Å². The largest absolute Gasteiger partial charge is 0.352 e. The third-order valence-electron chi connectivity index (χ3n) is 3.11. The summed E-state index contributed by atoms with van der Waals surface area (Å²) >= 11 is 3.31. The molecule has 7 nitrogen and oxygen atoms in total. The maximum atomic E-state index is 11.9. The van der Waals surface area contributed by atoms with Crippen LogP contribution in [0.1, 0.15) is 16.8 Å². The number of hydrogen-bond acceptors (Lipinski definition) is 4. The normalized spacial score (nSPS) is 10.0. The molecule has 0 saturated carbocycles. The van der Waals surface area contributed by atoms with Crippen LogP contribution in [0.15, 0.2) is 53.0 Å². The van der Waals surface area contributed by atoms with E-state index in [0.717, 1.165) is 4.47 Å². The molecule has 0 aliphatic heterocycles. The van der Waals surface area contributed by atoms with Crippen LogP contribution in [0, 0.1) is 10.1 Å². The number of carbonyl (C=O) groups excluding carboxylic acids is 2. The maximum absolute atomic E-state index is 11.9. The molecule has 0 aliphatic carbocycles. The molecule has 0 aliphatic rings. The lowest BCUT2D eigenvalue weighted by molar-refractivity contribution is -0.384. The van der Waals surface area contributed by atoms with Crippen LogP contribution in [0.4, 0.5) is 11.4 Å². The van der Waals surface area contributed by atoms with Crippen molar-refractivity contribution in [2.45, 2.75) is 6.42 Å². The van der Waals surface area contributed by atoms with Crippen LogP contribution in [0.25, 0.3) is 0 Å². The Labute approximate surface area is 146 Å². The fourth-order valence-electron chi connectivity index (χ4n) is 1.88. The number of nitro groups is 1. The summed E-state index contributed by atoms with van der Waals surface area (Å²) in [7, 11) is 0. The molecule has 0 unspecified atom stereocenters. The lowest BCUT2D eigenvalue weighted by Gasteiger charge is -2.07. The van der Waals surface area contributed by atoms with Crippen molar-refractivity contribution in [3.63, 3.8) is 0 Å². The Kier molecular flexibility index (Phi) is 6.02. The van der Waals surface area contributed by atoms with Gasteiger partial charge in [0.15, 0.2) is 0 Å². The average molecular weight is 392 g/mol. The van der Waals surface area contributed by atoms with E-state index in [4.69, 9.17) is 0 Å². The molecule has 2 amide bonds. The fraction of sp³-hybridized carbons (Fsp3) is 0.125. The molecule has 8 heteroatoms. The summed E-state index contributed by atoms with van der Waals surface area (Å²) in [5.74, 6) is -0.609. The van der Waals surface area contributed by atoms with Gasteiger partial charge in [0.25, 0.3) is 11.6 Å². The monoisotopic (exact) mass is 391 g/mol. The smallest absolute Gasteiger partial charge is 0.269 e. The first-order valence-corrected chi connectivity index (χ1v) is 7.83. The molecule has 2 aromatic rings. The van der Waals surface area contributed by atoms with Crippen LogP contribution in [0.5, 0.6) is 0 Å². The van der Waals surface area contributed by atoms with Crippen LogP contribution in [0.3, 0.4) is 0 Å². The summed E-state index contributed by atoms with van der Waals surface area (Å²) < 4.78 is 0.913. The number of hydrogen-bond donors (Lipinski definition) is 2. The van der Waals surface area contributed by atoms with Gasteiger partial charge in [0.2, 0.25) is 5.91 Å². The number of rotatable bonds is 6. The van der Waals surface area contributed by atoms with Crippen LogP contribution in [0.2, 0.25) is 0 Å². The standard InChI is InChI=1S/C16H14BrN3O4/c17-12-3-5-13(6-4-12)19-15(21)9-10-18-16(22)11-1-7-14(8-2-11)20(23)24/h1-8H,9-10H2,(H,18,22)(H,19,21). The minimum atomic E-state index is -0.534. The second kappa shape index (κ2) is 8.21. The first-order valence-electron chi connectivity index (χ1n) is 7.04. The molecule has 24 heavy (non-hydrogen) atoms. The van der Waals surface area contributed by atoms with E-state index in [9.17, 15) is 19.7 Å². The van der Waals surface area contributed by atoms with Crippen molar-refractivity contribution in [3.8, 4) is 0 Å². The molecule has 0 saturated heterocycles. The van der Waals surface area contributed by atoms with Crippen LogP contribution < -0.4 is 10.6 Å². The first kappa shape index (κ1) is 17.6. The van der Waals surface area contributed by atoms with E-state index in [2.05, 4.69) is 26.6 Å². The summed E-state index contributed by atoms with van der Waals surface area (Å²) in [6, 6.07) is 12.4. The van der Waals surface area contributed by atoms with Crippen molar-refractivity contribution in [1.82, 2.24) is 5.32 Å². The van der Waals surface area contributed by atoms with Gasteiger partial charge < -0.3 is 10.6 Å². The van der Waals surface area contributed by atoms with Gasteiger partial charge in [-0.3, -0.25) is 19.7 Å². The molecule has 0 spiro atoms. The molecule has 2 aromatic carbocycles. The summed E-state index contributed by atoms with van der Waals surface area (Å²) in [6.07, 6.45) is 0.120. The fourth-order valence-corrected chi connectivity index (χ4v) is 2.15. The van der Waals surface area contributed by atoms with Gasteiger partial charge in [-0.1, -0.05) is 15.9 Å². The molecule has 0 aromatic heterocycles. The predicted molar refractivity (Wildman–Crippen MR) is 92.8 cm³/mol. The van der Waals surface area contributed by atoms with Crippen LogP contribution in [-0.2, 0) is 4.79 Å². The van der Waals surface area contributed by atoms with Crippen molar-refractivity contribution >= 4 is 39.1 Å². The van der Waals surface area contributed by atoms with E-state index in [1.165, 1.54) is 24.3 Å². The van der Waals surface area contributed by atoms with Gasteiger partial charge in [-0.15, -0.1) is 0 Å². The molecule has 2 N–H and O–H groups in total. The predicted octanol–water partition coefficient (Wildman–Crippen LogP) is 3.12. The molecule has 0 heterocycles. The molecule has 0 bridgehead atoms. The maximum Gasteiger partial charge on any atom is 0.269 e. The zero-order chi connectivity index (χ0) is 17.5. The van der Waals surface area contributed by atoms with Crippen molar-refractivity contribution in [2.75, 3.05) is 11.9 Å². The van der Waals surface area contributed by atoms with Crippen molar-refractivity contribution in [3.05, 3.63) is 68.7 Å². The van der Waals surface area contributed by atoms with E-state index in [-0.39, 0.29) is 30.5 Å². The minimum Gasteiger partial charge on any atom is -0.352 e. The number of anilines is 1. The average Bonchev–Trinajstić information content (AvgIpc) is 2.57. The zero-order valence-electron chi connectivity index (χ0n) is 12.5. The van der Waals surface area contributed by atoms with E-state index in [1.54, 1.807) is 12.1 Å². The summed E-state index contributed by atoms with van der Waals surface area (Å²) in [5.41, 5.74) is 0.888. The molecule has 0 atom stereocenters. The number of benzene rings is 2.